The Morgan fingerprint density at radius 3 is 2.31 bits per heavy atom. The number of rotatable bonds is 10. The summed E-state index contributed by atoms with van der Waals surface area (Å²) >= 11 is 1.71. The van der Waals surface area contributed by atoms with E-state index in [1.54, 1.807) is 39.7 Å². The Morgan fingerprint density at radius 2 is 1.64 bits per heavy atom. The highest BCUT2D eigenvalue weighted by atomic mass is 32.2. The Kier molecular flexibility index (Phi) is 14.1. The third kappa shape index (κ3) is 9.01. The van der Waals surface area contributed by atoms with E-state index in [1.807, 2.05) is 34.6 Å². The number of hydrogen-bond donors (Lipinski definition) is 0. The number of likely N-dealkylation sites (N-methyl/N-ethyl adjacent to an activating group) is 1. The molecule has 7 rings (SSSR count). The molecule has 332 valence electrons. The SMILES string of the molecule is CC[C@H]1CCC[C@H](O[C@H]2CC[C@H](N(C)S(C)(=O)=O)[C@@H](C)O2)[C@@H](C)C(=O)C2=C[C@H]3[C@@H]4C[C@H](O[C@@H]5O[C@@H](C)[C@H](OC)[C@@H](OC)[C@H]5OC)C[C@H]4c4sc(C)nc4[C@H]3[C@@H]2CC(=O)O1. The molecule has 1 saturated carbocycles. The van der Waals surface area contributed by atoms with Gasteiger partial charge in [0, 0.05) is 63.3 Å². The van der Waals surface area contributed by atoms with Gasteiger partial charge in [0.25, 0.3) is 0 Å². The zero-order valence-electron chi connectivity index (χ0n) is 36.4. The van der Waals surface area contributed by atoms with E-state index in [0.29, 0.717) is 44.1 Å². The summed E-state index contributed by atoms with van der Waals surface area (Å²) in [5, 5.41) is 0.964. The van der Waals surface area contributed by atoms with Crippen LogP contribution >= 0.6 is 11.3 Å². The van der Waals surface area contributed by atoms with Crippen LogP contribution in [0.15, 0.2) is 11.6 Å². The molecule has 4 fully saturated rings. The number of thiazole rings is 1. The second-order valence-corrected chi connectivity index (χ2v) is 21.1. The number of fused-ring (bicyclic) bond motifs is 8. The van der Waals surface area contributed by atoms with Gasteiger partial charge in [-0.25, -0.2) is 13.4 Å². The predicted octanol–water partition coefficient (Wildman–Crippen LogP) is 5.66. The minimum absolute atomic E-state index is 0.0185. The van der Waals surface area contributed by atoms with Crippen LogP contribution in [0.5, 0.6) is 0 Å². The molecule has 0 spiro atoms. The number of sulfonamides is 1. The number of aryl methyl sites for hydroxylation is 1. The highest BCUT2D eigenvalue weighted by Gasteiger charge is 2.57. The first-order chi connectivity index (χ1) is 28.1. The number of cyclic esters (lactones) is 1. The quantitative estimate of drug-likeness (QED) is 0.266. The second kappa shape index (κ2) is 18.5. The molecule has 1 aromatic rings. The number of esters is 1. The fourth-order valence-electron chi connectivity index (χ4n) is 11.2. The molecule has 0 bridgehead atoms. The fourth-order valence-corrected chi connectivity index (χ4v) is 13.2. The minimum Gasteiger partial charge on any atom is -0.462 e. The molecule has 0 aromatic carbocycles. The summed E-state index contributed by atoms with van der Waals surface area (Å²) in [4.78, 5) is 35.2. The van der Waals surface area contributed by atoms with Gasteiger partial charge in [0.05, 0.1) is 53.8 Å². The van der Waals surface area contributed by atoms with Crippen molar-refractivity contribution in [2.45, 2.75) is 172 Å². The number of ether oxygens (including phenoxy) is 8. The molecule has 3 saturated heterocycles. The molecular weight excluding hydrogens is 801 g/mol. The summed E-state index contributed by atoms with van der Waals surface area (Å²) in [5.74, 6) is -1.06. The van der Waals surface area contributed by atoms with Crippen molar-refractivity contribution in [3.05, 3.63) is 27.2 Å². The highest BCUT2D eigenvalue weighted by Crippen LogP contribution is 2.62. The number of nitrogens with zero attached hydrogens (tertiary/aromatic N) is 2. The molecule has 1 aromatic heterocycles. The highest BCUT2D eigenvalue weighted by molar-refractivity contribution is 7.88. The van der Waals surface area contributed by atoms with Crippen LogP contribution in [0.25, 0.3) is 0 Å². The van der Waals surface area contributed by atoms with E-state index in [1.165, 1.54) is 15.4 Å². The van der Waals surface area contributed by atoms with Gasteiger partial charge in [0.15, 0.2) is 18.4 Å². The number of Topliss-reactive ketones (excluding diaryl/α,β-unsaturated/α-hetero) is 1. The van der Waals surface area contributed by atoms with Crippen molar-refractivity contribution in [3.8, 4) is 0 Å². The van der Waals surface area contributed by atoms with E-state index in [2.05, 4.69) is 6.08 Å². The summed E-state index contributed by atoms with van der Waals surface area (Å²) in [5.41, 5.74) is 1.66. The largest absolute Gasteiger partial charge is 0.462 e. The van der Waals surface area contributed by atoms with Crippen molar-refractivity contribution in [2.75, 3.05) is 34.6 Å². The number of aromatic nitrogens is 1. The summed E-state index contributed by atoms with van der Waals surface area (Å²) in [6, 6.07) is -0.304. The molecule has 0 radical (unpaired) electrons. The molecule has 0 N–H and O–H groups in total. The summed E-state index contributed by atoms with van der Waals surface area (Å²) < 4.78 is 75.9. The van der Waals surface area contributed by atoms with Crippen LogP contribution in [0.1, 0.15) is 113 Å². The Morgan fingerprint density at radius 1 is 0.915 bits per heavy atom. The lowest BCUT2D eigenvalue weighted by molar-refractivity contribution is -0.314. The van der Waals surface area contributed by atoms with Gasteiger partial charge in [0.1, 0.15) is 24.4 Å². The standard InChI is InChI=1S/C43H66N2O12S2/c1-11-25-13-12-14-33(57-35-16-15-32(22(3)53-35)45(6)59(10,48)49)21(2)38(47)30-19-28-27-17-26(56-43-41(52-9)40(51-8)39(50-7)23(4)54-43)18-31(27)42-37(44-24(5)58-42)36(28)29(30)20-34(46)55-25/h19,21-23,25-29,31-33,35-36,39-41,43H,11-18,20H2,1-10H3/t21-,22-,23+,25+,26+,27+,28+,29-,31-,32+,33+,35+,36-,39+,40-,41-,43+/m1/s1. The van der Waals surface area contributed by atoms with E-state index < -0.39 is 46.6 Å². The first kappa shape index (κ1) is 45.2. The van der Waals surface area contributed by atoms with Gasteiger partial charge < -0.3 is 37.9 Å². The van der Waals surface area contributed by atoms with Crippen LogP contribution in [-0.4, -0.2) is 132 Å². The molecule has 14 nitrogen and oxygen atoms in total. The Labute approximate surface area is 354 Å². The maximum Gasteiger partial charge on any atom is 0.306 e. The first-order valence-corrected chi connectivity index (χ1v) is 24.3. The number of methoxy groups -OCH3 is 3. The van der Waals surface area contributed by atoms with Crippen molar-refractivity contribution in [1.29, 1.82) is 0 Å². The number of allylic oxidation sites excluding steroid dienone is 2. The molecule has 59 heavy (non-hydrogen) atoms. The van der Waals surface area contributed by atoms with E-state index in [0.717, 1.165) is 23.5 Å². The summed E-state index contributed by atoms with van der Waals surface area (Å²) in [6.45, 7) is 9.84. The molecule has 4 heterocycles. The van der Waals surface area contributed by atoms with Gasteiger partial charge in [-0.3, -0.25) is 9.59 Å². The van der Waals surface area contributed by atoms with Crippen molar-refractivity contribution < 1.29 is 55.9 Å². The minimum atomic E-state index is -3.40. The lowest BCUT2D eigenvalue weighted by atomic mass is 9.67. The van der Waals surface area contributed by atoms with Crippen LogP contribution in [-0.2, 0) is 57.5 Å². The van der Waals surface area contributed by atoms with Crippen LogP contribution < -0.4 is 0 Å². The van der Waals surface area contributed by atoms with E-state index in [4.69, 9.17) is 42.9 Å². The van der Waals surface area contributed by atoms with Crippen LogP contribution in [0.2, 0.25) is 0 Å². The topological polar surface area (TPSA) is 158 Å². The zero-order valence-corrected chi connectivity index (χ0v) is 38.0. The van der Waals surface area contributed by atoms with Crippen molar-refractivity contribution in [3.63, 3.8) is 0 Å². The van der Waals surface area contributed by atoms with E-state index in [9.17, 15) is 13.2 Å². The third-order valence-corrected chi connectivity index (χ3v) is 16.8. The molecule has 3 aliphatic heterocycles. The van der Waals surface area contributed by atoms with E-state index >= 15 is 4.79 Å². The Bertz CT molecular complexity index is 1810. The third-order valence-electron chi connectivity index (χ3n) is 14.3. The van der Waals surface area contributed by atoms with Gasteiger partial charge in [-0.05, 0) is 83.1 Å². The Balaban J connectivity index is 1.16. The molecule has 0 amide bonds. The van der Waals surface area contributed by atoms with Crippen molar-refractivity contribution in [1.82, 2.24) is 9.29 Å². The predicted molar refractivity (Wildman–Crippen MR) is 219 cm³/mol. The van der Waals surface area contributed by atoms with Gasteiger partial charge in [-0.15, -0.1) is 11.3 Å². The molecule has 6 aliphatic rings. The monoisotopic (exact) mass is 866 g/mol. The number of carbonyl (C=O) groups is 2. The summed E-state index contributed by atoms with van der Waals surface area (Å²) in [6.07, 6.45) is 4.81. The van der Waals surface area contributed by atoms with Gasteiger partial charge in [-0.2, -0.15) is 4.31 Å². The number of carbonyl (C=O) groups excluding carboxylic acids is 2. The van der Waals surface area contributed by atoms with Crippen molar-refractivity contribution >= 4 is 33.1 Å². The Hall–Kier alpha value is -1.86. The molecule has 0 unspecified atom stereocenters. The lowest BCUT2D eigenvalue weighted by Gasteiger charge is -2.44. The average Bonchev–Trinajstić information content (AvgIpc) is 3.90. The number of ketones is 1. The second-order valence-electron chi connectivity index (χ2n) is 17.8. The maximum atomic E-state index is 15.0. The van der Waals surface area contributed by atoms with Crippen LogP contribution in [0.4, 0.5) is 0 Å². The fraction of sp³-hybridized carbons (Fsp3) is 0.837. The first-order valence-electron chi connectivity index (χ1n) is 21.6. The maximum absolute atomic E-state index is 15.0. The lowest BCUT2D eigenvalue weighted by Crippen LogP contribution is -2.59. The van der Waals surface area contributed by atoms with Gasteiger partial charge in [-0.1, -0.05) is 19.9 Å². The van der Waals surface area contributed by atoms with Crippen LogP contribution in [0.3, 0.4) is 0 Å². The van der Waals surface area contributed by atoms with Gasteiger partial charge in [0.2, 0.25) is 10.0 Å². The summed E-state index contributed by atoms with van der Waals surface area (Å²) in [7, 11) is 3.12. The average molecular weight is 867 g/mol. The molecule has 17 atom stereocenters. The molecule has 3 aliphatic carbocycles. The van der Waals surface area contributed by atoms with Gasteiger partial charge >= 0.3 is 5.97 Å². The molecule has 16 heteroatoms. The van der Waals surface area contributed by atoms with E-state index in [-0.39, 0.29) is 84.5 Å². The van der Waals surface area contributed by atoms with Crippen molar-refractivity contribution in [2.24, 2.45) is 23.7 Å². The molecular formula is C43H66N2O12S2. The number of hydrogen-bond acceptors (Lipinski definition) is 14. The normalized spacial score (nSPS) is 41.9. The zero-order chi connectivity index (χ0) is 42.5. The smallest absolute Gasteiger partial charge is 0.306 e. The van der Waals surface area contributed by atoms with Crippen LogP contribution in [0, 0.1) is 30.6 Å².